The number of phosphoric ester groups is 1. The predicted molar refractivity (Wildman–Crippen MR) is 138 cm³/mol. The second-order valence-corrected chi connectivity index (χ2v) is 12.2. The molecule has 1 saturated heterocycles. The van der Waals surface area contributed by atoms with Crippen LogP contribution in [0.2, 0.25) is 0 Å². The van der Waals surface area contributed by atoms with Crippen LogP contribution in [-0.4, -0.2) is 49.5 Å². The summed E-state index contributed by atoms with van der Waals surface area (Å²) in [5.41, 5.74) is 2.16. The molecule has 1 amide bonds. The van der Waals surface area contributed by atoms with Gasteiger partial charge >= 0.3 is 7.82 Å². The summed E-state index contributed by atoms with van der Waals surface area (Å²) in [6.07, 6.45) is 3.33. The Kier molecular flexibility index (Phi) is 7.14. The zero-order valence-corrected chi connectivity index (χ0v) is 22.1. The Morgan fingerprint density at radius 3 is 2.62 bits per heavy atom. The molecule has 1 aromatic carbocycles. The van der Waals surface area contributed by atoms with Crippen molar-refractivity contribution in [3.63, 3.8) is 0 Å². The maximum Gasteiger partial charge on any atom is 0.474 e. The quantitative estimate of drug-likeness (QED) is 0.321. The van der Waals surface area contributed by atoms with Crippen molar-refractivity contribution in [1.29, 1.82) is 0 Å². The highest BCUT2D eigenvalue weighted by Gasteiger charge is 2.48. The molecule has 196 valence electrons. The van der Waals surface area contributed by atoms with Crippen molar-refractivity contribution in [3.05, 3.63) is 69.6 Å². The highest BCUT2D eigenvalue weighted by molar-refractivity contribution is 7.98. The number of nitrogens with one attached hydrogen (secondary N) is 1. The van der Waals surface area contributed by atoms with Crippen LogP contribution in [0.25, 0.3) is 10.9 Å². The van der Waals surface area contributed by atoms with Crippen LogP contribution >= 0.6 is 19.8 Å². The summed E-state index contributed by atoms with van der Waals surface area (Å²) in [7, 11) is -2.37. The summed E-state index contributed by atoms with van der Waals surface area (Å²) in [6, 6.07) is 11.1. The van der Waals surface area contributed by atoms with Crippen molar-refractivity contribution in [3.8, 4) is 5.88 Å². The maximum absolute atomic E-state index is 13.1. The Morgan fingerprint density at radius 2 is 1.95 bits per heavy atom. The van der Waals surface area contributed by atoms with Crippen molar-refractivity contribution < 1.29 is 28.0 Å². The zero-order chi connectivity index (χ0) is 26.2. The Labute approximate surface area is 217 Å². The average Bonchev–Trinajstić information content (AvgIpc) is 3.65. The number of hydrogen-bond donors (Lipinski definition) is 2. The molecular formula is C24H27N4O7PS. The zero-order valence-electron chi connectivity index (χ0n) is 20.4. The van der Waals surface area contributed by atoms with Gasteiger partial charge in [0.05, 0.1) is 4.75 Å². The molecule has 0 bridgehead atoms. The van der Waals surface area contributed by atoms with Crippen LogP contribution in [0.15, 0.2) is 47.4 Å². The largest absolute Gasteiger partial charge is 0.475 e. The number of amides is 1. The van der Waals surface area contributed by atoms with E-state index in [-0.39, 0.29) is 23.8 Å². The molecule has 5 rings (SSSR count). The van der Waals surface area contributed by atoms with E-state index >= 15 is 0 Å². The predicted octanol–water partition coefficient (Wildman–Crippen LogP) is 3.10. The molecule has 0 radical (unpaired) electrons. The fourth-order valence-electron chi connectivity index (χ4n) is 3.93. The highest BCUT2D eigenvalue weighted by Crippen LogP contribution is 2.53. The summed E-state index contributed by atoms with van der Waals surface area (Å²) in [5, 5.41) is 3.47. The van der Waals surface area contributed by atoms with Gasteiger partial charge in [0.25, 0.3) is 11.5 Å². The third kappa shape index (κ3) is 5.90. The molecule has 1 saturated carbocycles. The van der Waals surface area contributed by atoms with Gasteiger partial charge in [-0.15, -0.1) is 0 Å². The number of carbonyl (C=O) groups excluding carboxylic acids is 1. The van der Waals surface area contributed by atoms with Crippen molar-refractivity contribution in [2.24, 2.45) is 7.05 Å². The van der Waals surface area contributed by atoms with Gasteiger partial charge in [-0.3, -0.25) is 18.6 Å². The van der Waals surface area contributed by atoms with Gasteiger partial charge in [-0.25, -0.2) is 9.55 Å². The van der Waals surface area contributed by atoms with Crippen LogP contribution < -0.4 is 15.6 Å². The summed E-state index contributed by atoms with van der Waals surface area (Å²) in [5.74, 6) is -0.157. The number of aryl methyl sites for hydroxylation is 2. The lowest BCUT2D eigenvalue weighted by molar-refractivity contribution is 0.0252. The second kappa shape index (κ2) is 10.2. The van der Waals surface area contributed by atoms with E-state index in [1.165, 1.54) is 16.5 Å². The highest BCUT2D eigenvalue weighted by atomic mass is 32.2. The molecule has 1 aliphatic heterocycles. The minimum absolute atomic E-state index is 0.0318. The average molecular weight is 547 g/mol. The molecule has 13 heteroatoms. The maximum atomic E-state index is 13.1. The number of nitrogens with zero attached hydrogens (tertiary/aromatic N) is 3. The van der Waals surface area contributed by atoms with Gasteiger partial charge in [-0.2, -0.15) is 4.31 Å². The molecule has 11 nitrogen and oxygen atoms in total. The molecule has 3 aromatic rings. The first kappa shape index (κ1) is 25.9. The van der Waals surface area contributed by atoms with E-state index in [4.69, 9.17) is 13.8 Å². The van der Waals surface area contributed by atoms with E-state index in [9.17, 15) is 19.0 Å². The standard InChI is InChI=1S/C24H27N4O7PS/c1-16-3-5-17(6-4-16)12-26-21(29)19-11-18-7-10-25-22(20(18)27(2)23(19)30)33-13-24(8-9-24)37-28-14-34-36(31,32)35-15-28/h3-7,10-11H,8-9,12-15H2,1-2H3,(H,26,29)(H,31,32). The smallest absolute Gasteiger partial charge is 0.474 e. The number of hydrogen-bond acceptors (Lipinski definition) is 9. The third-order valence-electron chi connectivity index (χ3n) is 6.24. The van der Waals surface area contributed by atoms with E-state index in [2.05, 4.69) is 10.3 Å². The fraction of sp³-hybridized carbons (Fsp3) is 0.375. The Bertz CT molecular complexity index is 1430. The lowest BCUT2D eigenvalue weighted by Crippen LogP contribution is -2.32. The van der Waals surface area contributed by atoms with Crippen LogP contribution in [0.1, 0.15) is 34.3 Å². The number of pyridine rings is 2. The van der Waals surface area contributed by atoms with E-state index in [0.29, 0.717) is 29.9 Å². The molecule has 0 atom stereocenters. The van der Waals surface area contributed by atoms with E-state index in [0.717, 1.165) is 24.0 Å². The van der Waals surface area contributed by atoms with Crippen LogP contribution in [0.4, 0.5) is 0 Å². The molecule has 37 heavy (non-hydrogen) atoms. The minimum atomic E-state index is -3.96. The molecule has 2 aromatic heterocycles. The van der Waals surface area contributed by atoms with Crippen molar-refractivity contribution in [2.45, 2.75) is 31.1 Å². The second-order valence-electron chi connectivity index (χ2n) is 9.17. The van der Waals surface area contributed by atoms with Gasteiger partial charge in [0, 0.05) is 25.2 Å². The molecular weight excluding hydrogens is 519 g/mol. The van der Waals surface area contributed by atoms with Crippen molar-refractivity contribution in [1.82, 2.24) is 19.2 Å². The summed E-state index contributed by atoms with van der Waals surface area (Å²) < 4.78 is 30.1. The summed E-state index contributed by atoms with van der Waals surface area (Å²) in [6.45, 7) is 2.55. The normalized spacial score (nSPS) is 18.5. The molecule has 2 fully saturated rings. The number of ether oxygens (including phenoxy) is 1. The monoisotopic (exact) mass is 546 g/mol. The summed E-state index contributed by atoms with van der Waals surface area (Å²) >= 11 is 1.45. The molecule has 1 aliphatic carbocycles. The topological polar surface area (TPSA) is 132 Å². The molecule has 2 N–H and O–H groups in total. The van der Waals surface area contributed by atoms with Crippen LogP contribution in [0.3, 0.4) is 0 Å². The molecule has 0 unspecified atom stereocenters. The van der Waals surface area contributed by atoms with E-state index in [1.807, 2.05) is 31.2 Å². The Balaban J connectivity index is 1.29. The van der Waals surface area contributed by atoms with Crippen LogP contribution in [0, 0.1) is 6.92 Å². The minimum Gasteiger partial charge on any atom is -0.475 e. The number of aromatic nitrogens is 2. The Hall–Kier alpha value is -2.73. The lowest BCUT2D eigenvalue weighted by Gasteiger charge is -2.30. The van der Waals surface area contributed by atoms with Crippen LogP contribution in [0.5, 0.6) is 5.88 Å². The van der Waals surface area contributed by atoms with Gasteiger partial charge in [-0.05, 0) is 37.5 Å². The van der Waals surface area contributed by atoms with Gasteiger partial charge in [0.1, 0.15) is 31.1 Å². The number of benzene rings is 1. The lowest BCUT2D eigenvalue weighted by atomic mass is 10.1. The number of fused-ring (bicyclic) bond motifs is 1. The molecule has 0 spiro atoms. The first-order valence-electron chi connectivity index (χ1n) is 11.7. The van der Waals surface area contributed by atoms with Gasteiger partial charge < -0.3 is 19.5 Å². The number of phosphoric acid groups is 1. The van der Waals surface area contributed by atoms with Gasteiger partial charge in [0.15, 0.2) is 0 Å². The first-order chi connectivity index (χ1) is 17.6. The fourth-order valence-corrected chi connectivity index (χ4v) is 5.89. The van der Waals surface area contributed by atoms with Gasteiger partial charge in [-0.1, -0.05) is 41.8 Å². The molecule has 2 aliphatic rings. The van der Waals surface area contributed by atoms with Gasteiger partial charge in [0.2, 0.25) is 5.88 Å². The van der Waals surface area contributed by atoms with E-state index < -0.39 is 19.3 Å². The van der Waals surface area contributed by atoms with Crippen LogP contribution in [-0.2, 0) is 27.2 Å². The van der Waals surface area contributed by atoms with E-state index in [1.54, 1.807) is 29.7 Å². The number of rotatable bonds is 8. The van der Waals surface area contributed by atoms with Crippen molar-refractivity contribution >= 4 is 36.6 Å². The van der Waals surface area contributed by atoms with Crippen molar-refractivity contribution in [2.75, 3.05) is 20.1 Å². The third-order valence-corrected chi connectivity index (χ3v) is 8.51. The Morgan fingerprint density at radius 1 is 1.24 bits per heavy atom. The SMILES string of the molecule is Cc1ccc(CNC(=O)c2cc3ccnc(OCC4(SN5COP(=O)(O)OC5)CC4)c3n(C)c2=O)cc1. The number of carbonyl (C=O) groups is 1. The molecule has 3 heterocycles. The first-order valence-corrected chi connectivity index (χ1v) is 13.9. The summed E-state index contributed by atoms with van der Waals surface area (Å²) in [4.78, 5) is 39.6.